The number of ether oxygens (including phenoxy) is 1. The highest BCUT2D eigenvalue weighted by Crippen LogP contribution is 2.43. The van der Waals surface area contributed by atoms with Gasteiger partial charge in [0.2, 0.25) is 0 Å². The number of rotatable bonds is 5. The molecule has 6 nitrogen and oxygen atoms in total. The number of hydrogen-bond donors (Lipinski definition) is 0. The fourth-order valence-electron chi connectivity index (χ4n) is 4.51. The van der Waals surface area contributed by atoms with E-state index in [0.717, 1.165) is 38.2 Å². The number of likely N-dealkylation sites (N-methyl/N-ethyl adjacent to an activating group) is 1. The average Bonchev–Trinajstić information content (AvgIpc) is 3.43. The lowest BCUT2D eigenvalue weighted by molar-refractivity contribution is -0.125. The van der Waals surface area contributed by atoms with Gasteiger partial charge in [0.25, 0.3) is 5.91 Å². The van der Waals surface area contributed by atoms with Gasteiger partial charge in [-0.3, -0.25) is 14.7 Å². The summed E-state index contributed by atoms with van der Waals surface area (Å²) < 4.78 is 21.4. The molecule has 3 amide bonds. The molecule has 1 aliphatic heterocycles. The van der Waals surface area contributed by atoms with Gasteiger partial charge in [0, 0.05) is 34.3 Å². The van der Waals surface area contributed by atoms with E-state index < -0.39 is 12.3 Å². The van der Waals surface area contributed by atoms with Crippen molar-refractivity contribution in [2.24, 2.45) is 0 Å². The number of alkyl halides is 1. The standard InChI is InChI=1S/C24H23ClFN3O3S/c1-13-8-14(25)9-17(22(13)32-20-5-3-4-18(20)26)16-6-7-27-19-10-15(33-23(16)19)11-29-21(30)12-28(2)24(29)31/h6-10,18,20H,3-5,11-12H2,1-2H3/t18-,20+/m0/s1. The van der Waals surface area contributed by atoms with Crippen molar-refractivity contribution < 1.29 is 18.7 Å². The highest BCUT2D eigenvalue weighted by Gasteiger charge is 2.34. The molecule has 0 radical (unpaired) electrons. The van der Waals surface area contributed by atoms with Crippen LogP contribution in [-0.2, 0) is 11.3 Å². The van der Waals surface area contributed by atoms with Crippen molar-refractivity contribution in [3.8, 4) is 16.9 Å². The first-order chi connectivity index (χ1) is 15.8. The number of imide groups is 1. The molecular weight excluding hydrogens is 465 g/mol. The van der Waals surface area contributed by atoms with Gasteiger partial charge >= 0.3 is 6.03 Å². The average molecular weight is 488 g/mol. The fraction of sp³-hybridized carbons (Fsp3) is 0.375. The first-order valence-corrected chi connectivity index (χ1v) is 12.1. The molecule has 2 fully saturated rings. The van der Waals surface area contributed by atoms with Crippen LogP contribution in [0.3, 0.4) is 0 Å². The lowest BCUT2D eigenvalue weighted by atomic mass is 10.0. The van der Waals surface area contributed by atoms with Crippen LogP contribution in [0, 0.1) is 6.92 Å². The molecule has 3 aromatic rings. The summed E-state index contributed by atoms with van der Waals surface area (Å²) in [5.41, 5.74) is 3.26. The van der Waals surface area contributed by atoms with Crippen LogP contribution >= 0.6 is 22.9 Å². The smallest absolute Gasteiger partial charge is 0.327 e. The number of fused-ring (bicyclic) bond motifs is 1. The monoisotopic (exact) mass is 487 g/mol. The number of urea groups is 1. The SMILES string of the molecule is Cc1cc(Cl)cc(-c2ccnc3cc(CN4C(=O)CN(C)C4=O)sc23)c1O[C@@H]1CCC[C@@H]1F. The zero-order valence-electron chi connectivity index (χ0n) is 18.3. The van der Waals surface area contributed by atoms with Gasteiger partial charge < -0.3 is 9.64 Å². The van der Waals surface area contributed by atoms with E-state index in [1.54, 1.807) is 13.2 Å². The van der Waals surface area contributed by atoms with E-state index in [1.165, 1.54) is 21.1 Å². The van der Waals surface area contributed by atoms with Crippen LogP contribution in [0.5, 0.6) is 5.75 Å². The lowest BCUT2D eigenvalue weighted by Crippen LogP contribution is -2.30. The number of aromatic nitrogens is 1. The molecule has 0 N–H and O–H groups in total. The molecule has 1 aromatic carbocycles. The van der Waals surface area contributed by atoms with E-state index in [1.807, 2.05) is 31.2 Å². The Morgan fingerprint density at radius 3 is 2.76 bits per heavy atom. The summed E-state index contributed by atoms with van der Waals surface area (Å²) in [6.07, 6.45) is 2.27. The zero-order chi connectivity index (χ0) is 23.3. The largest absolute Gasteiger partial charge is 0.486 e. The van der Waals surface area contributed by atoms with Crippen LogP contribution in [0.1, 0.15) is 29.7 Å². The number of nitrogens with zero attached hydrogens (tertiary/aromatic N) is 3. The van der Waals surface area contributed by atoms with Gasteiger partial charge in [-0.2, -0.15) is 0 Å². The molecule has 3 heterocycles. The highest BCUT2D eigenvalue weighted by atomic mass is 35.5. The molecule has 0 unspecified atom stereocenters. The number of hydrogen-bond acceptors (Lipinski definition) is 5. The Kier molecular flexibility index (Phi) is 5.74. The summed E-state index contributed by atoms with van der Waals surface area (Å²) in [5, 5.41) is 0.566. The van der Waals surface area contributed by atoms with Gasteiger partial charge in [-0.25, -0.2) is 9.18 Å². The lowest BCUT2D eigenvalue weighted by Gasteiger charge is -2.21. The molecule has 2 aliphatic rings. The Bertz CT molecular complexity index is 1260. The van der Waals surface area contributed by atoms with E-state index in [0.29, 0.717) is 23.6 Å². The van der Waals surface area contributed by atoms with Crippen molar-refractivity contribution in [3.05, 3.63) is 45.9 Å². The molecular formula is C24H23ClFN3O3S. The quantitative estimate of drug-likeness (QED) is 0.440. The summed E-state index contributed by atoms with van der Waals surface area (Å²) in [6.45, 7) is 2.20. The molecule has 1 aliphatic carbocycles. The normalized spacial score (nSPS) is 21.0. The minimum Gasteiger partial charge on any atom is -0.486 e. The van der Waals surface area contributed by atoms with Crippen LogP contribution in [0.15, 0.2) is 30.5 Å². The van der Waals surface area contributed by atoms with Crippen molar-refractivity contribution >= 4 is 45.1 Å². The van der Waals surface area contributed by atoms with Crippen molar-refractivity contribution in [1.82, 2.24) is 14.8 Å². The van der Waals surface area contributed by atoms with Gasteiger partial charge in [0.05, 0.1) is 16.8 Å². The van der Waals surface area contributed by atoms with Crippen LogP contribution in [0.4, 0.5) is 9.18 Å². The molecule has 9 heteroatoms. The number of thiophene rings is 1. The number of aryl methyl sites for hydroxylation is 1. The van der Waals surface area contributed by atoms with Crippen molar-refractivity contribution in [2.45, 2.75) is 45.0 Å². The first kappa shape index (κ1) is 22.1. The van der Waals surface area contributed by atoms with E-state index in [9.17, 15) is 14.0 Å². The second-order valence-electron chi connectivity index (χ2n) is 8.61. The Balaban J connectivity index is 1.55. The van der Waals surface area contributed by atoms with Crippen molar-refractivity contribution in [1.29, 1.82) is 0 Å². The molecule has 172 valence electrons. The van der Waals surface area contributed by atoms with Gasteiger partial charge in [-0.1, -0.05) is 11.6 Å². The summed E-state index contributed by atoms with van der Waals surface area (Å²) in [6, 6.07) is 7.14. The van der Waals surface area contributed by atoms with E-state index in [4.69, 9.17) is 16.3 Å². The van der Waals surface area contributed by atoms with E-state index in [2.05, 4.69) is 4.98 Å². The number of carbonyl (C=O) groups is 2. The summed E-state index contributed by atoms with van der Waals surface area (Å²) in [7, 11) is 1.61. The van der Waals surface area contributed by atoms with Crippen LogP contribution in [-0.4, -0.2) is 52.6 Å². The number of carbonyl (C=O) groups excluding carboxylic acids is 2. The van der Waals surface area contributed by atoms with Crippen molar-refractivity contribution in [3.63, 3.8) is 0 Å². The first-order valence-electron chi connectivity index (χ1n) is 10.9. The Morgan fingerprint density at radius 2 is 2.06 bits per heavy atom. The molecule has 0 spiro atoms. The molecule has 2 atom stereocenters. The number of amides is 3. The summed E-state index contributed by atoms with van der Waals surface area (Å²) in [4.78, 5) is 32.5. The van der Waals surface area contributed by atoms with Crippen molar-refractivity contribution in [2.75, 3.05) is 13.6 Å². The zero-order valence-corrected chi connectivity index (χ0v) is 19.9. The maximum atomic E-state index is 14.3. The highest BCUT2D eigenvalue weighted by molar-refractivity contribution is 7.19. The van der Waals surface area contributed by atoms with Gasteiger partial charge in [-0.05, 0) is 56.0 Å². The van der Waals surface area contributed by atoms with E-state index in [-0.39, 0.29) is 25.0 Å². The predicted molar refractivity (Wildman–Crippen MR) is 127 cm³/mol. The third-order valence-electron chi connectivity index (χ3n) is 6.18. The number of benzene rings is 1. The second kappa shape index (κ2) is 8.57. The van der Waals surface area contributed by atoms with Gasteiger partial charge in [0.15, 0.2) is 0 Å². The molecule has 0 bridgehead atoms. The molecule has 1 saturated carbocycles. The summed E-state index contributed by atoms with van der Waals surface area (Å²) >= 11 is 7.88. The maximum Gasteiger partial charge on any atom is 0.327 e. The predicted octanol–water partition coefficient (Wildman–Crippen LogP) is 5.59. The minimum absolute atomic E-state index is 0.0897. The van der Waals surface area contributed by atoms with Crippen LogP contribution in [0.25, 0.3) is 21.3 Å². The topological polar surface area (TPSA) is 62.7 Å². The Labute approximate surface area is 199 Å². The Hall–Kier alpha value is -2.71. The molecule has 5 rings (SSSR count). The maximum absolute atomic E-state index is 14.3. The van der Waals surface area contributed by atoms with Crippen LogP contribution in [0.2, 0.25) is 5.02 Å². The second-order valence-corrected chi connectivity index (χ2v) is 10.2. The molecule has 2 aromatic heterocycles. The minimum atomic E-state index is -0.979. The van der Waals surface area contributed by atoms with E-state index >= 15 is 0 Å². The molecule has 1 saturated heterocycles. The number of halogens is 2. The summed E-state index contributed by atoms with van der Waals surface area (Å²) in [5.74, 6) is 0.412. The fourth-order valence-corrected chi connectivity index (χ4v) is 5.91. The van der Waals surface area contributed by atoms with Crippen LogP contribution < -0.4 is 4.74 Å². The third kappa shape index (κ3) is 4.06. The molecule has 33 heavy (non-hydrogen) atoms. The third-order valence-corrected chi connectivity index (χ3v) is 7.54. The van der Waals surface area contributed by atoms with Gasteiger partial charge in [0.1, 0.15) is 24.6 Å². The van der Waals surface area contributed by atoms with Gasteiger partial charge in [-0.15, -0.1) is 11.3 Å². The number of pyridine rings is 1. The Morgan fingerprint density at radius 1 is 1.24 bits per heavy atom.